The first-order valence-corrected chi connectivity index (χ1v) is 7.83. The summed E-state index contributed by atoms with van der Waals surface area (Å²) in [5.74, 6) is -0.0325. The summed E-state index contributed by atoms with van der Waals surface area (Å²) in [4.78, 5) is 17.5. The minimum Gasteiger partial charge on any atom is -0.288 e. The van der Waals surface area contributed by atoms with E-state index < -0.39 is 0 Å². The molecule has 0 atom stereocenters. The van der Waals surface area contributed by atoms with Gasteiger partial charge in [0, 0.05) is 5.41 Å². The Labute approximate surface area is 134 Å². The fraction of sp³-hybridized carbons (Fsp3) is 0.278. The van der Waals surface area contributed by atoms with Crippen LogP contribution in [0.25, 0.3) is 6.08 Å². The molecule has 1 aromatic heterocycles. The third kappa shape index (κ3) is 3.69. The van der Waals surface area contributed by atoms with Gasteiger partial charge in [-0.25, -0.2) is 4.98 Å². The predicted octanol–water partition coefficient (Wildman–Crippen LogP) is 4.52. The number of carbonyl (C=O) groups excluding carboxylic acids is 1. The molecule has 112 valence electrons. The maximum Gasteiger partial charge on any atom is 0.197 e. The Kier molecular flexibility index (Phi) is 4.58. The fourth-order valence-corrected chi connectivity index (χ4v) is 2.91. The number of nitrogens with zero attached hydrogens (tertiary/aromatic N) is 2. The Morgan fingerprint density at radius 3 is 2.41 bits per heavy atom. The number of hydrogen-bond acceptors (Lipinski definition) is 4. The minimum atomic E-state index is -0.0508. The summed E-state index contributed by atoms with van der Waals surface area (Å²) < 4.78 is 0. The highest BCUT2D eigenvalue weighted by molar-refractivity contribution is 7.14. The molecule has 0 aliphatic heterocycles. The number of nitriles is 1. The molecule has 22 heavy (non-hydrogen) atoms. The number of thiazole rings is 1. The average molecular weight is 310 g/mol. The van der Waals surface area contributed by atoms with Gasteiger partial charge in [0.15, 0.2) is 5.78 Å². The van der Waals surface area contributed by atoms with E-state index in [-0.39, 0.29) is 11.2 Å². The van der Waals surface area contributed by atoms with Gasteiger partial charge in [0.2, 0.25) is 0 Å². The SMILES string of the molecule is Cc1nc(C(C)(C)C)sc1C(=O)C=Cc1ccc(C#N)cc1. The molecule has 0 aliphatic rings. The second kappa shape index (κ2) is 6.25. The first kappa shape index (κ1) is 16.1. The van der Waals surface area contributed by atoms with E-state index in [0.717, 1.165) is 16.3 Å². The second-order valence-corrected chi connectivity index (χ2v) is 7.11. The molecule has 1 heterocycles. The van der Waals surface area contributed by atoms with Crippen molar-refractivity contribution in [3.8, 4) is 6.07 Å². The summed E-state index contributed by atoms with van der Waals surface area (Å²) in [5, 5.41) is 9.74. The van der Waals surface area contributed by atoms with E-state index in [1.165, 1.54) is 11.3 Å². The summed E-state index contributed by atoms with van der Waals surface area (Å²) in [6, 6.07) is 9.19. The van der Waals surface area contributed by atoms with Gasteiger partial charge in [-0.05, 0) is 30.7 Å². The Morgan fingerprint density at radius 1 is 1.27 bits per heavy atom. The molecule has 0 saturated heterocycles. The standard InChI is InChI=1S/C18H18N2OS/c1-12-16(22-17(20-12)18(2,3)4)15(21)10-9-13-5-7-14(11-19)8-6-13/h5-10H,1-4H3. The summed E-state index contributed by atoms with van der Waals surface area (Å²) in [5.41, 5.74) is 2.23. The van der Waals surface area contributed by atoms with E-state index in [1.54, 1.807) is 24.3 Å². The average Bonchev–Trinajstić information content (AvgIpc) is 2.87. The molecule has 0 saturated carbocycles. The van der Waals surface area contributed by atoms with Crippen molar-refractivity contribution in [3.63, 3.8) is 0 Å². The van der Waals surface area contributed by atoms with Crippen molar-refractivity contribution in [1.29, 1.82) is 5.26 Å². The number of rotatable bonds is 3. The van der Waals surface area contributed by atoms with Crippen molar-refractivity contribution in [2.24, 2.45) is 0 Å². The molecular formula is C18H18N2OS. The van der Waals surface area contributed by atoms with E-state index in [2.05, 4.69) is 31.8 Å². The summed E-state index contributed by atoms with van der Waals surface area (Å²) in [6.45, 7) is 8.14. The lowest BCUT2D eigenvalue weighted by atomic mass is 9.98. The van der Waals surface area contributed by atoms with Crippen LogP contribution in [-0.4, -0.2) is 10.8 Å². The number of ketones is 1. The number of benzene rings is 1. The maximum absolute atomic E-state index is 12.3. The quantitative estimate of drug-likeness (QED) is 0.619. The van der Waals surface area contributed by atoms with Crippen molar-refractivity contribution in [1.82, 2.24) is 4.98 Å². The highest BCUT2D eigenvalue weighted by Crippen LogP contribution is 2.29. The first-order chi connectivity index (χ1) is 10.3. The molecule has 1 aromatic carbocycles. The van der Waals surface area contributed by atoms with Crippen LogP contribution in [0.5, 0.6) is 0 Å². The minimum absolute atomic E-state index is 0.0325. The van der Waals surface area contributed by atoms with Gasteiger partial charge in [-0.1, -0.05) is 39.0 Å². The maximum atomic E-state index is 12.3. The van der Waals surface area contributed by atoms with Crippen LogP contribution in [0.15, 0.2) is 30.3 Å². The number of carbonyl (C=O) groups is 1. The molecule has 0 fully saturated rings. The van der Waals surface area contributed by atoms with Gasteiger partial charge < -0.3 is 0 Å². The van der Waals surface area contributed by atoms with Gasteiger partial charge in [-0.15, -0.1) is 11.3 Å². The van der Waals surface area contributed by atoms with Crippen molar-refractivity contribution < 1.29 is 4.79 Å². The highest BCUT2D eigenvalue weighted by atomic mass is 32.1. The lowest BCUT2D eigenvalue weighted by Gasteiger charge is -2.13. The van der Waals surface area contributed by atoms with E-state index in [4.69, 9.17) is 5.26 Å². The van der Waals surface area contributed by atoms with Crippen molar-refractivity contribution in [3.05, 3.63) is 57.0 Å². The van der Waals surface area contributed by atoms with Crippen LogP contribution in [0.2, 0.25) is 0 Å². The van der Waals surface area contributed by atoms with Crippen LogP contribution in [0, 0.1) is 18.3 Å². The van der Waals surface area contributed by atoms with E-state index in [0.29, 0.717) is 10.4 Å². The number of aryl methyl sites for hydroxylation is 1. The zero-order valence-electron chi connectivity index (χ0n) is 13.2. The topological polar surface area (TPSA) is 53.8 Å². The van der Waals surface area contributed by atoms with Crippen LogP contribution in [-0.2, 0) is 5.41 Å². The molecule has 0 N–H and O–H groups in total. The van der Waals surface area contributed by atoms with Gasteiger partial charge >= 0.3 is 0 Å². The highest BCUT2D eigenvalue weighted by Gasteiger charge is 2.22. The molecule has 0 unspecified atom stereocenters. The van der Waals surface area contributed by atoms with Crippen LogP contribution in [0.4, 0.5) is 0 Å². The van der Waals surface area contributed by atoms with E-state index in [1.807, 2.05) is 19.1 Å². The van der Waals surface area contributed by atoms with E-state index >= 15 is 0 Å². The zero-order chi connectivity index (χ0) is 16.3. The summed E-state index contributed by atoms with van der Waals surface area (Å²) in [6.07, 6.45) is 3.33. The molecule has 4 heteroatoms. The Morgan fingerprint density at radius 2 is 1.91 bits per heavy atom. The van der Waals surface area contributed by atoms with Crippen LogP contribution in [0.3, 0.4) is 0 Å². The van der Waals surface area contributed by atoms with Gasteiger partial charge in [-0.3, -0.25) is 4.79 Å². The molecular weight excluding hydrogens is 292 g/mol. The number of aromatic nitrogens is 1. The predicted molar refractivity (Wildman–Crippen MR) is 90.1 cm³/mol. The first-order valence-electron chi connectivity index (χ1n) is 7.02. The Bertz CT molecular complexity index is 756. The lowest BCUT2D eigenvalue weighted by Crippen LogP contribution is -2.10. The smallest absolute Gasteiger partial charge is 0.197 e. The number of hydrogen-bond donors (Lipinski definition) is 0. The molecule has 0 spiro atoms. The zero-order valence-corrected chi connectivity index (χ0v) is 14.0. The second-order valence-electron chi connectivity index (χ2n) is 6.11. The normalized spacial score (nSPS) is 11.6. The molecule has 3 nitrogen and oxygen atoms in total. The fourth-order valence-electron chi connectivity index (χ4n) is 1.86. The van der Waals surface area contributed by atoms with Crippen LogP contribution in [0.1, 0.15) is 52.3 Å². The van der Waals surface area contributed by atoms with Crippen LogP contribution < -0.4 is 0 Å². The molecule has 0 bridgehead atoms. The largest absolute Gasteiger partial charge is 0.288 e. The van der Waals surface area contributed by atoms with Gasteiger partial charge in [0.25, 0.3) is 0 Å². The van der Waals surface area contributed by atoms with Crippen molar-refractivity contribution >= 4 is 23.2 Å². The number of allylic oxidation sites excluding steroid dienone is 1. The van der Waals surface area contributed by atoms with Gasteiger partial charge in [0.1, 0.15) is 0 Å². The van der Waals surface area contributed by atoms with Crippen molar-refractivity contribution in [2.75, 3.05) is 0 Å². The molecule has 2 rings (SSSR count). The van der Waals surface area contributed by atoms with Crippen LogP contribution >= 0.6 is 11.3 Å². The third-order valence-electron chi connectivity index (χ3n) is 3.13. The summed E-state index contributed by atoms with van der Waals surface area (Å²) in [7, 11) is 0. The summed E-state index contributed by atoms with van der Waals surface area (Å²) >= 11 is 1.46. The van der Waals surface area contributed by atoms with Crippen molar-refractivity contribution in [2.45, 2.75) is 33.1 Å². The molecule has 0 aliphatic carbocycles. The Balaban J connectivity index is 2.20. The van der Waals surface area contributed by atoms with Gasteiger partial charge in [-0.2, -0.15) is 5.26 Å². The van der Waals surface area contributed by atoms with E-state index in [9.17, 15) is 4.79 Å². The van der Waals surface area contributed by atoms with Gasteiger partial charge in [0.05, 0.1) is 27.2 Å². The molecule has 0 radical (unpaired) electrons. The lowest BCUT2D eigenvalue weighted by molar-refractivity contribution is 0.105. The Hall–Kier alpha value is -2.25. The molecule has 2 aromatic rings. The monoisotopic (exact) mass is 310 g/mol. The third-order valence-corrected chi connectivity index (χ3v) is 4.73. The molecule has 0 amide bonds.